The smallest absolute Gasteiger partial charge is 0.226 e. The Bertz CT molecular complexity index is 957. The zero-order valence-electron chi connectivity index (χ0n) is 14.0. The van der Waals surface area contributed by atoms with Gasteiger partial charge < -0.3 is 19.6 Å². The minimum absolute atomic E-state index is 0.0116. The van der Waals surface area contributed by atoms with Gasteiger partial charge >= 0.3 is 0 Å². The molecule has 27 heavy (non-hydrogen) atoms. The van der Waals surface area contributed by atoms with Gasteiger partial charge in [0.25, 0.3) is 0 Å². The van der Waals surface area contributed by atoms with E-state index in [0.717, 1.165) is 0 Å². The Balaban J connectivity index is 1.59. The molecular formula is C17H15F4N3O2S. The number of fused-ring (bicyclic) bond motifs is 1. The van der Waals surface area contributed by atoms with Crippen molar-refractivity contribution >= 4 is 18.1 Å². The lowest BCUT2D eigenvalue weighted by atomic mass is 9.94. The summed E-state index contributed by atoms with van der Waals surface area (Å²) in [6, 6.07) is 0.164. The number of H-pyrrole nitrogens is 1. The lowest BCUT2D eigenvalue weighted by molar-refractivity contribution is -0.124. The van der Waals surface area contributed by atoms with Gasteiger partial charge in [-0.2, -0.15) is 0 Å². The number of ether oxygens (including phenoxy) is 1. The normalized spacial score (nSPS) is 19.0. The monoisotopic (exact) mass is 401 g/mol. The van der Waals surface area contributed by atoms with Crippen LogP contribution in [0.4, 0.5) is 17.6 Å². The van der Waals surface area contributed by atoms with Crippen LogP contribution in [0.25, 0.3) is 0 Å². The predicted molar refractivity (Wildman–Crippen MR) is 88.8 cm³/mol. The van der Waals surface area contributed by atoms with Gasteiger partial charge in [0.2, 0.25) is 5.91 Å². The molecule has 2 aliphatic heterocycles. The highest BCUT2D eigenvalue weighted by atomic mass is 32.1. The summed E-state index contributed by atoms with van der Waals surface area (Å²) in [5.74, 6) is -6.72. The lowest BCUT2D eigenvalue weighted by Gasteiger charge is -2.26. The van der Waals surface area contributed by atoms with E-state index in [-0.39, 0.29) is 37.4 Å². The van der Waals surface area contributed by atoms with Crippen LogP contribution < -0.4 is 5.32 Å². The predicted octanol–water partition coefficient (Wildman–Crippen LogP) is 2.50. The van der Waals surface area contributed by atoms with E-state index in [1.54, 1.807) is 4.57 Å². The molecule has 1 aromatic heterocycles. The molecule has 0 radical (unpaired) electrons. The van der Waals surface area contributed by atoms with Crippen LogP contribution in [-0.4, -0.2) is 34.7 Å². The number of hydrogen-bond acceptors (Lipinski definition) is 3. The minimum atomic E-state index is -1.44. The number of aromatic amines is 1. The van der Waals surface area contributed by atoms with Crippen molar-refractivity contribution in [3.8, 4) is 0 Å². The molecule has 5 nitrogen and oxygen atoms in total. The maximum absolute atomic E-state index is 14.1. The number of nitrogens with zero attached hydrogens (tertiary/aromatic N) is 1. The zero-order chi connectivity index (χ0) is 19.3. The molecule has 1 fully saturated rings. The van der Waals surface area contributed by atoms with Crippen molar-refractivity contribution in [2.75, 3.05) is 13.2 Å². The first-order valence-corrected chi connectivity index (χ1v) is 8.76. The topological polar surface area (TPSA) is 59.0 Å². The first kappa shape index (κ1) is 18.2. The van der Waals surface area contributed by atoms with E-state index in [4.69, 9.17) is 17.0 Å². The fraction of sp³-hybridized carbons (Fsp3) is 0.412. The van der Waals surface area contributed by atoms with Crippen molar-refractivity contribution in [3.05, 3.63) is 51.1 Å². The van der Waals surface area contributed by atoms with Gasteiger partial charge in [0.1, 0.15) is 0 Å². The minimum Gasteiger partial charge on any atom is -0.377 e. The lowest BCUT2D eigenvalue weighted by Crippen LogP contribution is -2.49. The van der Waals surface area contributed by atoms with Crippen molar-refractivity contribution in [2.45, 2.75) is 31.3 Å². The number of benzene rings is 1. The number of rotatable bonds is 4. The highest BCUT2D eigenvalue weighted by molar-refractivity contribution is 7.71. The van der Waals surface area contributed by atoms with E-state index in [0.29, 0.717) is 29.4 Å². The molecule has 1 aromatic carbocycles. The quantitative estimate of drug-likeness (QED) is 0.470. The van der Waals surface area contributed by atoms with Crippen molar-refractivity contribution in [3.63, 3.8) is 0 Å². The molecule has 10 heteroatoms. The van der Waals surface area contributed by atoms with Crippen molar-refractivity contribution in [2.24, 2.45) is 0 Å². The van der Waals surface area contributed by atoms with E-state index in [1.807, 2.05) is 0 Å². The Kier molecular flexibility index (Phi) is 4.55. The number of nitrogens with one attached hydrogen (secondary N) is 2. The number of carbonyl (C=O) groups excluding carboxylic acids is 1. The summed E-state index contributed by atoms with van der Waals surface area (Å²) in [6.07, 6.45) is 0.122. The van der Waals surface area contributed by atoms with Crippen LogP contribution in [0.3, 0.4) is 0 Å². The summed E-state index contributed by atoms with van der Waals surface area (Å²) in [5, 5.41) is 2.79. The van der Waals surface area contributed by atoms with Crippen LogP contribution in [-0.2, 0) is 28.9 Å². The second-order valence-electron chi connectivity index (χ2n) is 6.73. The molecule has 2 N–H and O–H groups in total. The van der Waals surface area contributed by atoms with E-state index in [1.165, 1.54) is 0 Å². The molecule has 2 aliphatic rings. The molecule has 3 heterocycles. The van der Waals surface area contributed by atoms with Gasteiger partial charge in [0.05, 0.1) is 25.7 Å². The molecule has 4 rings (SSSR count). The van der Waals surface area contributed by atoms with Crippen LogP contribution in [0.5, 0.6) is 0 Å². The maximum Gasteiger partial charge on any atom is 0.226 e. The Labute approximate surface area is 156 Å². The fourth-order valence-electron chi connectivity index (χ4n) is 3.55. The Morgan fingerprint density at radius 1 is 1.26 bits per heavy atom. The van der Waals surface area contributed by atoms with Crippen LogP contribution in [0.2, 0.25) is 0 Å². The molecule has 2 aromatic rings. The molecule has 0 bridgehead atoms. The SMILES string of the molecule is O=C(Cc1[nH]c(=S)n2c1CC(c1c(F)c(F)cc(F)c1F)C2)NC1COC1. The third-order valence-electron chi connectivity index (χ3n) is 4.91. The van der Waals surface area contributed by atoms with Gasteiger partial charge in [-0.3, -0.25) is 4.79 Å². The van der Waals surface area contributed by atoms with Crippen molar-refractivity contribution in [1.29, 1.82) is 0 Å². The van der Waals surface area contributed by atoms with E-state index >= 15 is 0 Å². The first-order valence-electron chi connectivity index (χ1n) is 8.35. The van der Waals surface area contributed by atoms with Crippen LogP contribution in [0.1, 0.15) is 22.9 Å². The number of hydrogen-bond donors (Lipinski definition) is 2. The summed E-state index contributed by atoms with van der Waals surface area (Å²) in [4.78, 5) is 15.1. The number of carbonyl (C=O) groups is 1. The fourth-order valence-corrected chi connectivity index (χ4v) is 3.85. The molecule has 0 spiro atoms. The van der Waals surface area contributed by atoms with E-state index in [9.17, 15) is 22.4 Å². The van der Waals surface area contributed by atoms with Crippen LogP contribution in [0, 0.1) is 28.0 Å². The second kappa shape index (κ2) is 6.75. The number of aromatic nitrogens is 2. The first-order chi connectivity index (χ1) is 12.8. The van der Waals surface area contributed by atoms with Crippen LogP contribution in [0.15, 0.2) is 6.07 Å². The van der Waals surface area contributed by atoms with Gasteiger partial charge in [-0.25, -0.2) is 17.6 Å². The zero-order valence-corrected chi connectivity index (χ0v) is 14.8. The summed E-state index contributed by atoms with van der Waals surface area (Å²) in [5.41, 5.74) is 0.499. The van der Waals surface area contributed by atoms with Gasteiger partial charge in [-0.05, 0) is 18.6 Å². The van der Waals surface area contributed by atoms with E-state index in [2.05, 4.69) is 10.3 Å². The van der Waals surface area contributed by atoms with Crippen molar-refractivity contribution in [1.82, 2.24) is 14.9 Å². The van der Waals surface area contributed by atoms with Gasteiger partial charge in [0.15, 0.2) is 28.0 Å². The Morgan fingerprint density at radius 3 is 2.52 bits per heavy atom. The van der Waals surface area contributed by atoms with Crippen molar-refractivity contribution < 1.29 is 27.1 Å². The number of amides is 1. The largest absolute Gasteiger partial charge is 0.377 e. The molecule has 1 atom stereocenters. The van der Waals surface area contributed by atoms with Crippen LogP contribution >= 0.6 is 12.2 Å². The molecule has 1 saturated heterocycles. The Hall–Kier alpha value is -2.20. The molecular weight excluding hydrogens is 386 g/mol. The Morgan fingerprint density at radius 2 is 1.93 bits per heavy atom. The van der Waals surface area contributed by atoms with E-state index < -0.39 is 34.8 Å². The summed E-state index contributed by atoms with van der Waals surface area (Å²) < 4.78 is 62.2. The molecule has 0 aliphatic carbocycles. The second-order valence-corrected chi connectivity index (χ2v) is 7.11. The van der Waals surface area contributed by atoms with Gasteiger partial charge in [-0.1, -0.05) is 0 Å². The third kappa shape index (κ3) is 3.16. The van der Waals surface area contributed by atoms with Gasteiger partial charge in [-0.15, -0.1) is 0 Å². The third-order valence-corrected chi connectivity index (χ3v) is 5.24. The average molecular weight is 401 g/mol. The average Bonchev–Trinajstić information content (AvgIpc) is 3.11. The highest BCUT2D eigenvalue weighted by Crippen LogP contribution is 2.36. The molecule has 144 valence electrons. The number of imidazole rings is 1. The standard InChI is InChI=1S/C17H15F4N3O2S/c18-9-2-10(19)16(21)14(15(9)20)7-1-12-11(23-17(27)24(12)4-7)3-13(25)22-8-5-26-6-8/h2,7-8H,1,3-6H2,(H,22,25)(H,23,27). The number of halogens is 4. The molecule has 1 unspecified atom stereocenters. The summed E-state index contributed by atoms with van der Waals surface area (Å²) in [6.45, 7) is 0.988. The summed E-state index contributed by atoms with van der Waals surface area (Å²) >= 11 is 5.21. The maximum atomic E-state index is 14.1. The highest BCUT2D eigenvalue weighted by Gasteiger charge is 2.33. The summed E-state index contributed by atoms with van der Waals surface area (Å²) in [7, 11) is 0. The molecule has 1 amide bonds. The van der Waals surface area contributed by atoms with Gasteiger partial charge in [0, 0.05) is 35.5 Å². The molecule has 0 saturated carbocycles.